The van der Waals surface area contributed by atoms with Gasteiger partial charge in [-0.25, -0.2) is 4.98 Å². The molecule has 0 radical (unpaired) electrons. The van der Waals surface area contributed by atoms with E-state index in [0.717, 1.165) is 10.4 Å². The molecule has 4 nitrogen and oxygen atoms in total. The molecule has 28 heavy (non-hydrogen) atoms. The zero-order chi connectivity index (χ0) is 19.3. The van der Waals surface area contributed by atoms with Crippen LogP contribution in [0.15, 0.2) is 91.1 Å². The molecule has 4 aromatic rings. The molecule has 0 spiro atoms. The molecule has 1 amide bonds. The molecule has 0 atom stereocenters. The van der Waals surface area contributed by atoms with Gasteiger partial charge in [0.05, 0.1) is 4.88 Å². The van der Waals surface area contributed by atoms with Gasteiger partial charge in [-0.05, 0) is 17.7 Å². The maximum Gasteiger partial charge on any atom is 0.257 e. The van der Waals surface area contributed by atoms with Crippen molar-refractivity contribution in [3.8, 4) is 10.4 Å². The third-order valence-corrected chi connectivity index (χ3v) is 5.19. The Labute approximate surface area is 166 Å². The second kappa shape index (κ2) is 7.98. The Morgan fingerprint density at radius 3 is 1.96 bits per heavy atom. The first-order valence-corrected chi connectivity index (χ1v) is 9.55. The number of amides is 1. The number of thiazole rings is 1. The van der Waals surface area contributed by atoms with Crippen LogP contribution in [0.5, 0.6) is 0 Å². The first-order chi connectivity index (χ1) is 13.7. The summed E-state index contributed by atoms with van der Waals surface area (Å²) < 4.78 is 0. The maximum atomic E-state index is 12.5. The summed E-state index contributed by atoms with van der Waals surface area (Å²) in [7, 11) is 0. The maximum absolute atomic E-state index is 12.5. The fourth-order valence-corrected chi connectivity index (χ4v) is 3.58. The summed E-state index contributed by atoms with van der Waals surface area (Å²) in [4.78, 5) is 30.2. The van der Waals surface area contributed by atoms with Gasteiger partial charge in [0.15, 0.2) is 10.9 Å². The van der Waals surface area contributed by atoms with Crippen LogP contribution in [0.2, 0.25) is 0 Å². The highest BCUT2D eigenvalue weighted by Crippen LogP contribution is 2.28. The second-order valence-electron chi connectivity index (χ2n) is 6.12. The van der Waals surface area contributed by atoms with Crippen LogP contribution in [-0.2, 0) is 0 Å². The SMILES string of the molecule is O=C(Nc1ncc(-c2ccccc2)s1)c1ccc(C(=O)c2ccccc2)cc1. The quantitative estimate of drug-likeness (QED) is 0.475. The van der Waals surface area contributed by atoms with Crippen molar-refractivity contribution in [1.29, 1.82) is 0 Å². The zero-order valence-electron chi connectivity index (χ0n) is 14.8. The highest BCUT2D eigenvalue weighted by molar-refractivity contribution is 7.19. The van der Waals surface area contributed by atoms with Crippen LogP contribution in [0.25, 0.3) is 10.4 Å². The van der Waals surface area contributed by atoms with Gasteiger partial charge in [-0.3, -0.25) is 14.9 Å². The molecule has 1 heterocycles. The predicted molar refractivity (Wildman–Crippen MR) is 112 cm³/mol. The number of carbonyl (C=O) groups excluding carboxylic acids is 2. The molecule has 5 heteroatoms. The Balaban J connectivity index is 1.46. The Kier molecular flexibility index (Phi) is 5.08. The van der Waals surface area contributed by atoms with Crippen LogP contribution in [0.3, 0.4) is 0 Å². The minimum atomic E-state index is -0.257. The summed E-state index contributed by atoms with van der Waals surface area (Å²) >= 11 is 1.42. The van der Waals surface area contributed by atoms with Crippen LogP contribution in [0.4, 0.5) is 5.13 Å². The summed E-state index contributed by atoms with van der Waals surface area (Å²) in [5, 5.41) is 3.35. The van der Waals surface area contributed by atoms with Gasteiger partial charge >= 0.3 is 0 Å². The van der Waals surface area contributed by atoms with Crippen molar-refractivity contribution in [2.45, 2.75) is 0 Å². The second-order valence-corrected chi connectivity index (χ2v) is 7.15. The number of anilines is 1. The van der Waals surface area contributed by atoms with E-state index in [4.69, 9.17) is 0 Å². The predicted octanol–water partition coefficient (Wildman–Crippen LogP) is 5.29. The topological polar surface area (TPSA) is 59.1 Å². The summed E-state index contributed by atoms with van der Waals surface area (Å²) in [5.41, 5.74) is 2.70. The third kappa shape index (κ3) is 3.89. The van der Waals surface area contributed by atoms with Gasteiger partial charge in [-0.2, -0.15) is 0 Å². The molecule has 0 saturated heterocycles. The normalized spacial score (nSPS) is 10.4. The number of hydrogen-bond donors (Lipinski definition) is 1. The molecule has 1 N–H and O–H groups in total. The van der Waals surface area contributed by atoms with Gasteiger partial charge in [-0.1, -0.05) is 84.1 Å². The molecule has 0 fully saturated rings. The highest BCUT2D eigenvalue weighted by atomic mass is 32.1. The van der Waals surface area contributed by atoms with Crippen LogP contribution < -0.4 is 5.32 Å². The lowest BCUT2D eigenvalue weighted by Crippen LogP contribution is -2.12. The summed E-state index contributed by atoms with van der Waals surface area (Å²) in [6.07, 6.45) is 1.75. The molecule has 0 aliphatic rings. The molecule has 1 aromatic heterocycles. The van der Waals surface area contributed by atoms with E-state index in [2.05, 4.69) is 10.3 Å². The van der Waals surface area contributed by atoms with E-state index < -0.39 is 0 Å². The molecule has 0 bridgehead atoms. The number of ketones is 1. The zero-order valence-corrected chi connectivity index (χ0v) is 15.6. The van der Waals surface area contributed by atoms with E-state index in [-0.39, 0.29) is 11.7 Å². The highest BCUT2D eigenvalue weighted by Gasteiger charge is 2.12. The van der Waals surface area contributed by atoms with Crippen molar-refractivity contribution in [3.05, 3.63) is 108 Å². The third-order valence-electron chi connectivity index (χ3n) is 4.23. The Bertz CT molecular complexity index is 1100. The van der Waals surface area contributed by atoms with Crippen molar-refractivity contribution < 1.29 is 9.59 Å². The molecule has 0 aliphatic heterocycles. The van der Waals surface area contributed by atoms with Crippen LogP contribution in [0, 0.1) is 0 Å². The molecule has 0 aliphatic carbocycles. The lowest BCUT2D eigenvalue weighted by atomic mass is 10.0. The van der Waals surface area contributed by atoms with Crippen LogP contribution in [0.1, 0.15) is 26.3 Å². The van der Waals surface area contributed by atoms with E-state index in [1.54, 1.807) is 42.6 Å². The van der Waals surface area contributed by atoms with E-state index in [9.17, 15) is 9.59 Å². The molecule has 4 rings (SSSR count). The molecule has 0 saturated carbocycles. The Morgan fingerprint density at radius 1 is 0.714 bits per heavy atom. The smallest absolute Gasteiger partial charge is 0.257 e. The lowest BCUT2D eigenvalue weighted by Gasteiger charge is -2.04. The van der Waals surface area contributed by atoms with Gasteiger partial charge in [0.25, 0.3) is 5.91 Å². The first-order valence-electron chi connectivity index (χ1n) is 8.73. The Morgan fingerprint density at radius 2 is 1.29 bits per heavy atom. The minimum absolute atomic E-state index is 0.0695. The van der Waals surface area contributed by atoms with E-state index >= 15 is 0 Å². The van der Waals surface area contributed by atoms with E-state index in [0.29, 0.717) is 21.8 Å². The average molecular weight is 384 g/mol. The standard InChI is InChI=1S/C23H16N2O2S/c26-21(17-9-5-2-6-10-17)18-11-13-19(14-12-18)22(27)25-23-24-15-20(28-23)16-7-3-1-4-8-16/h1-15H,(H,24,25,27). The van der Waals surface area contributed by atoms with Crippen molar-refractivity contribution in [2.75, 3.05) is 5.32 Å². The van der Waals surface area contributed by atoms with E-state index in [1.807, 2.05) is 48.5 Å². The average Bonchev–Trinajstić information content (AvgIpc) is 3.23. The number of nitrogens with zero attached hydrogens (tertiary/aromatic N) is 1. The monoisotopic (exact) mass is 384 g/mol. The van der Waals surface area contributed by atoms with E-state index in [1.165, 1.54) is 11.3 Å². The molecule has 0 unspecified atom stereocenters. The van der Waals surface area contributed by atoms with Crippen molar-refractivity contribution in [3.63, 3.8) is 0 Å². The first kappa shape index (κ1) is 17.8. The number of hydrogen-bond acceptors (Lipinski definition) is 4. The lowest BCUT2D eigenvalue weighted by molar-refractivity contribution is 0.102. The minimum Gasteiger partial charge on any atom is -0.298 e. The van der Waals surface area contributed by atoms with Gasteiger partial charge < -0.3 is 0 Å². The number of rotatable bonds is 5. The van der Waals surface area contributed by atoms with Gasteiger partial charge in [0.1, 0.15) is 0 Å². The summed E-state index contributed by atoms with van der Waals surface area (Å²) in [5.74, 6) is -0.326. The molecular formula is C23H16N2O2S. The number of nitrogens with one attached hydrogen (secondary N) is 1. The summed E-state index contributed by atoms with van der Waals surface area (Å²) in [6.45, 7) is 0. The summed E-state index contributed by atoms with van der Waals surface area (Å²) in [6, 6.07) is 25.6. The number of benzene rings is 3. The molecular weight excluding hydrogens is 368 g/mol. The van der Waals surface area contributed by atoms with Crippen molar-refractivity contribution in [1.82, 2.24) is 4.98 Å². The largest absolute Gasteiger partial charge is 0.298 e. The van der Waals surface area contributed by atoms with Crippen LogP contribution in [-0.4, -0.2) is 16.7 Å². The number of aromatic nitrogens is 1. The van der Waals surface area contributed by atoms with Gasteiger partial charge in [-0.15, -0.1) is 0 Å². The van der Waals surface area contributed by atoms with Crippen molar-refractivity contribution >= 4 is 28.2 Å². The fourth-order valence-electron chi connectivity index (χ4n) is 2.77. The van der Waals surface area contributed by atoms with Crippen LogP contribution >= 0.6 is 11.3 Å². The van der Waals surface area contributed by atoms with Gasteiger partial charge in [0.2, 0.25) is 0 Å². The number of carbonyl (C=O) groups is 2. The fraction of sp³-hybridized carbons (Fsp3) is 0. The molecule has 136 valence electrons. The van der Waals surface area contributed by atoms with Crippen molar-refractivity contribution in [2.24, 2.45) is 0 Å². The molecule has 3 aromatic carbocycles. The Hall–Kier alpha value is -3.57. The van der Waals surface area contributed by atoms with Gasteiger partial charge in [0, 0.05) is 22.9 Å².